The zero-order valence-electron chi connectivity index (χ0n) is 7.73. The number of hydrogen-bond donors (Lipinski definition) is 2. The number of fused-ring (bicyclic) bond motifs is 1. The summed E-state index contributed by atoms with van der Waals surface area (Å²) in [4.78, 5) is 11.1. The molecule has 0 amide bonds. The van der Waals surface area contributed by atoms with E-state index >= 15 is 0 Å². The van der Waals surface area contributed by atoms with Crippen LogP contribution in [0.25, 0.3) is 0 Å². The lowest BCUT2D eigenvalue weighted by Crippen LogP contribution is -2.30. The van der Waals surface area contributed by atoms with Crippen molar-refractivity contribution in [1.29, 1.82) is 0 Å². The Labute approximate surface area is 86.7 Å². The van der Waals surface area contributed by atoms with Crippen LogP contribution >= 0.6 is 0 Å². The Morgan fingerprint density at radius 1 is 1.40 bits per heavy atom. The Morgan fingerprint density at radius 3 is 2.80 bits per heavy atom. The SMILES string of the molecule is O=C1CNc2c(CO)cccc2S1(=O)=O. The van der Waals surface area contributed by atoms with E-state index in [0.29, 0.717) is 11.3 Å². The van der Waals surface area contributed by atoms with Crippen LogP contribution in [0.1, 0.15) is 5.56 Å². The standard InChI is InChI=1S/C9H9NO4S/c11-5-6-2-1-3-7-9(6)10-4-8(12)15(7,13)14/h1-3,10-11H,4-5H2. The van der Waals surface area contributed by atoms with Crippen molar-refractivity contribution in [3.8, 4) is 0 Å². The minimum Gasteiger partial charge on any atom is -0.392 e. The van der Waals surface area contributed by atoms with Gasteiger partial charge in [0.15, 0.2) is 0 Å². The fourth-order valence-electron chi connectivity index (χ4n) is 1.51. The third-order valence-corrected chi connectivity index (χ3v) is 3.94. The van der Waals surface area contributed by atoms with E-state index in [4.69, 9.17) is 5.11 Å². The van der Waals surface area contributed by atoms with Gasteiger partial charge in [-0.1, -0.05) is 12.1 Å². The average molecular weight is 227 g/mol. The normalized spacial score (nSPS) is 18.1. The van der Waals surface area contributed by atoms with Gasteiger partial charge in [0.2, 0.25) is 9.84 Å². The first-order chi connectivity index (χ1) is 7.07. The largest absolute Gasteiger partial charge is 0.392 e. The van der Waals surface area contributed by atoms with Crippen LogP contribution in [-0.2, 0) is 21.2 Å². The van der Waals surface area contributed by atoms with Crippen molar-refractivity contribution in [2.24, 2.45) is 0 Å². The first-order valence-electron chi connectivity index (χ1n) is 4.32. The molecule has 1 aromatic carbocycles. The highest BCUT2D eigenvalue weighted by Crippen LogP contribution is 2.29. The summed E-state index contributed by atoms with van der Waals surface area (Å²) in [6.45, 7) is -0.508. The van der Waals surface area contributed by atoms with Crippen molar-refractivity contribution < 1.29 is 18.3 Å². The molecule has 2 N–H and O–H groups in total. The van der Waals surface area contributed by atoms with Gasteiger partial charge in [-0.05, 0) is 6.07 Å². The molecule has 6 heteroatoms. The number of carbonyl (C=O) groups excluding carboxylic acids is 1. The summed E-state index contributed by atoms with van der Waals surface area (Å²) in [5.41, 5.74) is 0.808. The van der Waals surface area contributed by atoms with Gasteiger partial charge in [0.05, 0.1) is 23.7 Å². The monoisotopic (exact) mass is 227 g/mol. The first kappa shape index (κ1) is 10.1. The molecule has 0 spiro atoms. The summed E-state index contributed by atoms with van der Waals surface area (Å²) in [6.07, 6.45) is 0. The molecule has 1 aromatic rings. The van der Waals surface area contributed by atoms with Crippen LogP contribution in [0.15, 0.2) is 23.1 Å². The summed E-state index contributed by atoms with van der Waals surface area (Å²) in [6, 6.07) is 4.47. The molecular formula is C9H9NO4S. The Morgan fingerprint density at radius 2 is 2.13 bits per heavy atom. The molecular weight excluding hydrogens is 218 g/mol. The van der Waals surface area contributed by atoms with Crippen LogP contribution in [0.4, 0.5) is 5.69 Å². The van der Waals surface area contributed by atoms with Crippen molar-refractivity contribution >= 4 is 20.6 Å². The zero-order valence-corrected chi connectivity index (χ0v) is 8.54. The van der Waals surface area contributed by atoms with E-state index in [1.807, 2.05) is 0 Å². The summed E-state index contributed by atoms with van der Waals surface area (Å²) >= 11 is 0. The lowest BCUT2D eigenvalue weighted by atomic mass is 10.2. The van der Waals surface area contributed by atoms with Gasteiger partial charge in [-0.25, -0.2) is 8.42 Å². The maximum absolute atomic E-state index is 11.6. The Balaban J connectivity index is 2.72. The van der Waals surface area contributed by atoms with E-state index in [0.717, 1.165) is 0 Å². The molecule has 15 heavy (non-hydrogen) atoms. The number of sulfone groups is 1. The van der Waals surface area contributed by atoms with E-state index in [1.54, 1.807) is 6.07 Å². The van der Waals surface area contributed by atoms with Crippen molar-refractivity contribution in [3.05, 3.63) is 23.8 Å². The fraction of sp³-hybridized carbons (Fsp3) is 0.222. The van der Waals surface area contributed by atoms with E-state index in [-0.39, 0.29) is 18.0 Å². The topological polar surface area (TPSA) is 83.5 Å². The first-order valence-corrected chi connectivity index (χ1v) is 5.80. The molecule has 0 aliphatic carbocycles. The molecule has 5 nitrogen and oxygen atoms in total. The second-order valence-electron chi connectivity index (χ2n) is 3.18. The fourth-order valence-corrected chi connectivity index (χ4v) is 2.75. The number of anilines is 1. The molecule has 0 bridgehead atoms. The molecule has 0 aromatic heterocycles. The molecule has 0 atom stereocenters. The van der Waals surface area contributed by atoms with Crippen LogP contribution in [0.2, 0.25) is 0 Å². The van der Waals surface area contributed by atoms with E-state index in [9.17, 15) is 13.2 Å². The van der Waals surface area contributed by atoms with Crippen molar-refractivity contribution in [2.45, 2.75) is 11.5 Å². The van der Waals surface area contributed by atoms with E-state index in [1.165, 1.54) is 12.1 Å². The van der Waals surface area contributed by atoms with E-state index < -0.39 is 15.0 Å². The third-order valence-electron chi connectivity index (χ3n) is 2.28. The van der Waals surface area contributed by atoms with Gasteiger partial charge in [0.1, 0.15) is 0 Å². The molecule has 0 fully saturated rings. The summed E-state index contributed by atoms with van der Waals surface area (Å²) in [5, 5.41) is 10.9. The highest BCUT2D eigenvalue weighted by atomic mass is 32.2. The number of carbonyl (C=O) groups is 1. The molecule has 0 saturated carbocycles. The van der Waals surface area contributed by atoms with E-state index in [2.05, 4.69) is 5.32 Å². The van der Waals surface area contributed by atoms with Crippen molar-refractivity contribution in [1.82, 2.24) is 0 Å². The smallest absolute Gasteiger partial charge is 0.270 e. The molecule has 80 valence electrons. The summed E-state index contributed by atoms with van der Waals surface area (Å²) in [5.74, 6) is 0. The molecule has 0 radical (unpaired) electrons. The molecule has 1 heterocycles. The Kier molecular flexibility index (Phi) is 2.24. The molecule has 1 aliphatic rings. The summed E-state index contributed by atoms with van der Waals surface area (Å²) < 4.78 is 23.2. The number of hydrogen-bond acceptors (Lipinski definition) is 5. The van der Waals surface area contributed by atoms with Gasteiger partial charge in [-0.3, -0.25) is 4.79 Å². The number of nitrogens with one attached hydrogen (secondary N) is 1. The predicted molar refractivity (Wildman–Crippen MR) is 53.0 cm³/mol. The maximum atomic E-state index is 11.6. The number of aliphatic hydroxyl groups is 1. The van der Waals surface area contributed by atoms with Gasteiger partial charge >= 0.3 is 0 Å². The van der Waals surface area contributed by atoms with Gasteiger partial charge in [0, 0.05) is 5.56 Å². The van der Waals surface area contributed by atoms with Crippen LogP contribution < -0.4 is 5.32 Å². The Hall–Kier alpha value is -1.40. The van der Waals surface area contributed by atoms with Crippen LogP contribution in [-0.4, -0.2) is 25.2 Å². The average Bonchev–Trinajstić information content (AvgIpc) is 2.23. The molecule has 1 aliphatic heterocycles. The highest BCUT2D eigenvalue weighted by molar-refractivity contribution is 8.06. The van der Waals surface area contributed by atoms with Crippen LogP contribution in [0.3, 0.4) is 0 Å². The minimum absolute atomic E-state index is 0.0506. The number of aliphatic hydroxyl groups excluding tert-OH is 1. The number of rotatable bonds is 1. The lowest BCUT2D eigenvalue weighted by molar-refractivity contribution is -0.110. The van der Waals surface area contributed by atoms with Gasteiger partial charge < -0.3 is 10.4 Å². The lowest BCUT2D eigenvalue weighted by Gasteiger charge is -2.19. The zero-order chi connectivity index (χ0) is 11.1. The summed E-state index contributed by atoms with van der Waals surface area (Å²) in [7, 11) is -3.87. The molecule has 2 rings (SSSR count). The van der Waals surface area contributed by atoms with Gasteiger partial charge in [-0.2, -0.15) is 0 Å². The highest BCUT2D eigenvalue weighted by Gasteiger charge is 2.32. The Bertz CT molecular complexity index is 521. The van der Waals surface area contributed by atoms with Crippen LogP contribution in [0, 0.1) is 0 Å². The van der Waals surface area contributed by atoms with Crippen LogP contribution in [0.5, 0.6) is 0 Å². The third kappa shape index (κ3) is 1.42. The number of para-hydroxylation sites is 1. The number of benzene rings is 1. The van der Waals surface area contributed by atoms with Crippen molar-refractivity contribution in [2.75, 3.05) is 11.9 Å². The van der Waals surface area contributed by atoms with Gasteiger partial charge in [-0.15, -0.1) is 0 Å². The minimum atomic E-state index is -3.87. The molecule has 0 saturated heterocycles. The second-order valence-corrected chi connectivity index (χ2v) is 5.08. The quantitative estimate of drug-likeness (QED) is 0.700. The second kappa shape index (κ2) is 3.32. The molecule has 0 unspecified atom stereocenters. The van der Waals surface area contributed by atoms with Crippen molar-refractivity contribution in [3.63, 3.8) is 0 Å². The van der Waals surface area contributed by atoms with Gasteiger partial charge in [0.25, 0.3) is 5.12 Å². The maximum Gasteiger partial charge on any atom is 0.270 e. The predicted octanol–water partition coefficient (Wildman–Crippen LogP) is -0.0953.